The predicted octanol–water partition coefficient (Wildman–Crippen LogP) is 1.78. The predicted molar refractivity (Wildman–Crippen MR) is 82.1 cm³/mol. The van der Waals surface area contributed by atoms with E-state index >= 15 is 0 Å². The fraction of sp³-hybridized carbons (Fsp3) is 0.429. The smallest absolute Gasteiger partial charge is 0.320 e. The van der Waals surface area contributed by atoms with Gasteiger partial charge in [0.05, 0.1) is 5.75 Å². The molecule has 1 aromatic rings. The third kappa shape index (κ3) is 5.63. The Balaban J connectivity index is 2.32. The molecular weight excluding hydrogens is 276 g/mol. The van der Waals surface area contributed by atoms with Gasteiger partial charge in [-0.1, -0.05) is 17.7 Å². The Bertz CT molecular complexity index is 491. The minimum Gasteiger partial charge on any atom is -0.480 e. The first-order valence-corrected chi connectivity index (χ1v) is 7.49. The Morgan fingerprint density at radius 1 is 1.40 bits per heavy atom. The molecule has 1 aromatic carbocycles. The van der Waals surface area contributed by atoms with Crippen molar-refractivity contribution in [2.75, 3.05) is 16.8 Å². The first kappa shape index (κ1) is 16.5. The van der Waals surface area contributed by atoms with Crippen molar-refractivity contribution in [1.82, 2.24) is 0 Å². The monoisotopic (exact) mass is 296 g/mol. The molecule has 4 N–H and O–H groups in total. The Morgan fingerprint density at radius 2 is 2.10 bits per heavy atom. The molecule has 1 amide bonds. The summed E-state index contributed by atoms with van der Waals surface area (Å²) in [4.78, 5) is 22.3. The van der Waals surface area contributed by atoms with Gasteiger partial charge in [-0.25, -0.2) is 0 Å². The second-order valence-corrected chi connectivity index (χ2v) is 5.76. The van der Waals surface area contributed by atoms with Crippen LogP contribution in [0.5, 0.6) is 0 Å². The molecule has 0 heterocycles. The number of carbonyl (C=O) groups excluding carboxylic acids is 1. The van der Waals surface area contributed by atoms with Gasteiger partial charge in [-0.2, -0.15) is 11.8 Å². The van der Waals surface area contributed by atoms with Crippen LogP contribution in [-0.2, 0) is 9.59 Å². The summed E-state index contributed by atoms with van der Waals surface area (Å²) in [5.74, 6) is -0.260. The molecule has 5 nitrogen and oxygen atoms in total. The van der Waals surface area contributed by atoms with Gasteiger partial charge in [-0.3, -0.25) is 9.59 Å². The Kier molecular flexibility index (Phi) is 6.54. The van der Waals surface area contributed by atoms with E-state index in [0.29, 0.717) is 17.9 Å². The number of anilines is 1. The van der Waals surface area contributed by atoms with Crippen molar-refractivity contribution in [1.29, 1.82) is 0 Å². The van der Waals surface area contributed by atoms with Gasteiger partial charge in [0, 0.05) is 5.69 Å². The molecule has 0 radical (unpaired) electrons. The van der Waals surface area contributed by atoms with E-state index in [1.54, 1.807) is 0 Å². The highest BCUT2D eigenvalue weighted by Gasteiger charge is 2.11. The number of hydrogen-bond acceptors (Lipinski definition) is 4. The number of carboxylic acid groups (broad SMARTS) is 1. The topological polar surface area (TPSA) is 92.4 Å². The van der Waals surface area contributed by atoms with E-state index in [0.717, 1.165) is 16.8 Å². The third-order valence-electron chi connectivity index (χ3n) is 2.78. The summed E-state index contributed by atoms with van der Waals surface area (Å²) < 4.78 is 0. The van der Waals surface area contributed by atoms with Crippen molar-refractivity contribution in [3.8, 4) is 0 Å². The summed E-state index contributed by atoms with van der Waals surface area (Å²) in [5.41, 5.74) is 8.36. The van der Waals surface area contributed by atoms with Gasteiger partial charge in [-0.15, -0.1) is 0 Å². The number of hydrogen-bond donors (Lipinski definition) is 3. The van der Waals surface area contributed by atoms with Crippen LogP contribution in [0.4, 0.5) is 5.69 Å². The first-order valence-electron chi connectivity index (χ1n) is 6.33. The number of aryl methyl sites for hydroxylation is 2. The Hall–Kier alpha value is -1.53. The van der Waals surface area contributed by atoms with Crippen molar-refractivity contribution in [2.45, 2.75) is 26.3 Å². The van der Waals surface area contributed by atoms with Gasteiger partial charge >= 0.3 is 5.97 Å². The van der Waals surface area contributed by atoms with E-state index in [-0.39, 0.29) is 5.91 Å². The minimum absolute atomic E-state index is 0.0918. The number of carboxylic acids is 1. The number of nitrogens with two attached hydrogens (primary N) is 1. The number of rotatable bonds is 7. The lowest BCUT2D eigenvalue weighted by Crippen LogP contribution is -2.30. The average Bonchev–Trinajstić information content (AvgIpc) is 2.37. The highest BCUT2D eigenvalue weighted by atomic mass is 32.2. The molecule has 0 aliphatic heterocycles. The summed E-state index contributed by atoms with van der Waals surface area (Å²) in [6.07, 6.45) is 0.358. The van der Waals surface area contributed by atoms with Gasteiger partial charge in [0.1, 0.15) is 6.04 Å². The number of nitrogens with one attached hydrogen (secondary N) is 1. The van der Waals surface area contributed by atoms with Crippen molar-refractivity contribution in [3.63, 3.8) is 0 Å². The number of benzene rings is 1. The molecule has 1 atom stereocenters. The van der Waals surface area contributed by atoms with Gasteiger partial charge in [0.15, 0.2) is 0 Å². The summed E-state index contributed by atoms with van der Waals surface area (Å²) in [6.45, 7) is 3.95. The van der Waals surface area contributed by atoms with E-state index < -0.39 is 12.0 Å². The van der Waals surface area contributed by atoms with Crippen LogP contribution in [-0.4, -0.2) is 34.5 Å². The summed E-state index contributed by atoms with van der Waals surface area (Å²) in [6, 6.07) is 4.98. The molecule has 0 saturated heterocycles. The Labute approximate surface area is 122 Å². The van der Waals surface area contributed by atoms with E-state index in [1.165, 1.54) is 11.8 Å². The maximum absolute atomic E-state index is 11.7. The third-order valence-corrected chi connectivity index (χ3v) is 3.77. The number of amides is 1. The summed E-state index contributed by atoms with van der Waals surface area (Å²) in [5, 5.41) is 11.5. The van der Waals surface area contributed by atoms with Crippen molar-refractivity contribution < 1.29 is 14.7 Å². The highest BCUT2D eigenvalue weighted by Crippen LogP contribution is 2.16. The fourth-order valence-electron chi connectivity index (χ4n) is 1.64. The number of thioether (sulfide) groups is 1. The van der Waals surface area contributed by atoms with Gasteiger partial charge in [0.2, 0.25) is 5.91 Å². The molecule has 0 spiro atoms. The minimum atomic E-state index is -1.01. The average molecular weight is 296 g/mol. The molecular formula is C14H20N2O3S. The van der Waals surface area contributed by atoms with E-state index in [9.17, 15) is 9.59 Å². The molecule has 1 rings (SSSR count). The fourth-order valence-corrected chi connectivity index (χ4v) is 2.46. The zero-order chi connectivity index (χ0) is 15.1. The lowest BCUT2D eigenvalue weighted by Gasteiger charge is -2.09. The molecule has 0 aromatic heterocycles. The van der Waals surface area contributed by atoms with E-state index in [4.69, 9.17) is 10.8 Å². The van der Waals surface area contributed by atoms with Gasteiger partial charge < -0.3 is 16.2 Å². The number of carbonyl (C=O) groups is 2. The van der Waals surface area contributed by atoms with Crippen LogP contribution in [0.25, 0.3) is 0 Å². The molecule has 0 aliphatic rings. The van der Waals surface area contributed by atoms with Crippen LogP contribution in [0.2, 0.25) is 0 Å². The lowest BCUT2D eigenvalue weighted by molar-refractivity contribution is -0.138. The van der Waals surface area contributed by atoms with Crippen LogP contribution in [0.3, 0.4) is 0 Å². The Morgan fingerprint density at radius 3 is 2.70 bits per heavy atom. The quantitative estimate of drug-likeness (QED) is 0.667. The van der Waals surface area contributed by atoms with Crippen LogP contribution in [0.1, 0.15) is 17.5 Å². The van der Waals surface area contributed by atoms with Gasteiger partial charge in [0.25, 0.3) is 0 Å². The molecule has 0 aliphatic carbocycles. The number of aliphatic carboxylic acids is 1. The normalized spacial score (nSPS) is 11.9. The standard InChI is InChI=1S/C14H20N2O3S/c1-9-3-4-12(10(2)7-9)16-13(17)8-20-6-5-11(15)14(18)19/h3-4,7,11H,5-6,8,15H2,1-2H3,(H,16,17)(H,18,19). The van der Waals surface area contributed by atoms with E-state index in [2.05, 4.69) is 5.32 Å². The SMILES string of the molecule is Cc1ccc(NC(=O)CSCCC(N)C(=O)O)c(C)c1. The molecule has 110 valence electrons. The molecule has 20 heavy (non-hydrogen) atoms. The molecule has 1 unspecified atom stereocenters. The zero-order valence-corrected chi connectivity index (χ0v) is 12.5. The maximum Gasteiger partial charge on any atom is 0.320 e. The van der Waals surface area contributed by atoms with Crippen LogP contribution in [0.15, 0.2) is 18.2 Å². The molecule has 0 fully saturated rings. The zero-order valence-electron chi connectivity index (χ0n) is 11.7. The van der Waals surface area contributed by atoms with Crippen LogP contribution < -0.4 is 11.1 Å². The van der Waals surface area contributed by atoms with Crippen molar-refractivity contribution in [2.24, 2.45) is 5.73 Å². The molecule has 6 heteroatoms. The van der Waals surface area contributed by atoms with Crippen LogP contribution >= 0.6 is 11.8 Å². The van der Waals surface area contributed by atoms with Crippen molar-refractivity contribution >= 4 is 29.3 Å². The summed E-state index contributed by atoms with van der Waals surface area (Å²) >= 11 is 1.38. The highest BCUT2D eigenvalue weighted by molar-refractivity contribution is 7.99. The second kappa shape index (κ2) is 7.91. The maximum atomic E-state index is 11.7. The lowest BCUT2D eigenvalue weighted by atomic mass is 10.1. The second-order valence-electron chi connectivity index (χ2n) is 4.65. The molecule has 0 saturated carbocycles. The largest absolute Gasteiger partial charge is 0.480 e. The first-order chi connectivity index (χ1) is 9.40. The van der Waals surface area contributed by atoms with Gasteiger partial charge in [-0.05, 0) is 37.7 Å². The van der Waals surface area contributed by atoms with E-state index in [1.807, 2.05) is 32.0 Å². The van der Waals surface area contributed by atoms with Crippen molar-refractivity contribution in [3.05, 3.63) is 29.3 Å². The molecule has 0 bridgehead atoms. The van der Waals surface area contributed by atoms with Crippen LogP contribution in [0, 0.1) is 13.8 Å². The summed E-state index contributed by atoms with van der Waals surface area (Å²) in [7, 11) is 0.